The minimum Gasteiger partial charge on any atom is -0.465 e. The van der Waals surface area contributed by atoms with E-state index in [0.29, 0.717) is 11.9 Å². The summed E-state index contributed by atoms with van der Waals surface area (Å²) in [5.41, 5.74) is 13.3. The fraction of sp³-hybridized carbons (Fsp3) is 0.105. The molecule has 3 aromatic heterocycles. The van der Waals surface area contributed by atoms with Crippen molar-refractivity contribution in [3.63, 3.8) is 0 Å². The first-order chi connectivity index (χ1) is 14.4. The van der Waals surface area contributed by atoms with Gasteiger partial charge in [0.25, 0.3) is 0 Å². The molecule has 0 bridgehead atoms. The van der Waals surface area contributed by atoms with Crippen molar-refractivity contribution in [2.24, 2.45) is 0 Å². The molecule has 0 aliphatic heterocycles. The molecule has 0 spiro atoms. The summed E-state index contributed by atoms with van der Waals surface area (Å²) in [4.78, 5) is 24.4. The summed E-state index contributed by atoms with van der Waals surface area (Å²) in [5, 5.41) is 14.2. The average molecular weight is 408 g/mol. The van der Waals surface area contributed by atoms with Crippen molar-refractivity contribution in [2.75, 3.05) is 23.4 Å². The zero-order valence-electron chi connectivity index (χ0n) is 15.8. The van der Waals surface area contributed by atoms with Crippen molar-refractivity contribution in [2.45, 2.75) is 6.54 Å². The van der Waals surface area contributed by atoms with Crippen molar-refractivity contribution in [3.05, 3.63) is 54.1 Å². The molecule has 4 rings (SSSR count). The van der Waals surface area contributed by atoms with Crippen molar-refractivity contribution in [1.82, 2.24) is 24.7 Å². The van der Waals surface area contributed by atoms with Gasteiger partial charge in [0.1, 0.15) is 22.7 Å². The molecule has 0 saturated heterocycles. The van der Waals surface area contributed by atoms with Gasteiger partial charge in [-0.1, -0.05) is 12.1 Å². The Morgan fingerprint density at radius 3 is 2.47 bits per heavy atom. The molecule has 5 N–H and O–H groups in total. The Kier molecular flexibility index (Phi) is 4.62. The van der Waals surface area contributed by atoms with Crippen molar-refractivity contribution < 1.29 is 14.3 Å². The lowest BCUT2D eigenvalue weighted by Gasteiger charge is -2.16. The molecule has 4 aromatic rings. The zero-order valence-corrected chi connectivity index (χ0v) is 15.8. The zero-order chi connectivity index (χ0) is 21.4. The lowest BCUT2D eigenvalue weighted by atomic mass is 10.2. The van der Waals surface area contributed by atoms with Crippen LogP contribution in [0.25, 0.3) is 22.4 Å². The third-order valence-electron chi connectivity index (χ3n) is 4.57. The maximum atomic E-state index is 14.7. The SMILES string of the molecule is CN(C(=O)O)c1c(N)nc(-c2nn(Cc3ccncc3)c3c(F)cccc23)nc1N. The number of carboxylic acid groups (broad SMARTS) is 1. The number of pyridine rings is 1. The highest BCUT2D eigenvalue weighted by Gasteiger charge is 2.23. The molecule has 0 saturated carbocycles. The quantitative estimate of drug-likeness (QED) is 0.466. The van der Waals surface area contributed by atoms with E-state index in [1.807, 2.05) is 0 Å². The van der Waals surface area contributed by atoms with E-state index in [1.54, 1.807) is 36.7 Å². The molecule has 11 heteroatoms. The number of aromatic nitrogens is 5. The van der Waals surface area contributed by atoms with Crippen molar-refractivity contribution in [3.8, 4) is 11.5 Å². The van der Waals surface area contributed by atoms with Crippen molar-refractivity contribution in [1.29, 1.82) is 0 Å². The van der Waals surface area contributed by atoms with E-state index < -0.39 is 11.9 Å². The molecular formula is C19H17FN8O2. The van der Waals surface area contributed by atoms with Gasteiger partial charge in [-0.3, -0.25) is 14.6 Å². The van der Waals surface area contributed by atoms with Gasteiger partial charge in [0, 0.05) is 24.8 Å². The highest BCUT2D eigenvalue weighted by molar-refractivity contribution is 5.96. The number of benzene rings is 1. The first-order valence-corrected chi connectivity index (χ1v) is 8.80. The van der Waals surface area contributed by atoms with Crippen LogP contribution < -0.4 is 16.4 Å². The molecule has 0 fully saturated rings. The third kappa shape index (κ3) is 3.21. The van der Waals surface area contributed by atoms with Crippen LogP contribution in [0.5, 0.6) is 0 Å². The second-order valence-electron chi connectivity index (χ2n) is 6.51. The normalized spacial score (nSPS) is 11.0. The van der Waals surface area contributed by atoms with E-state index in [1.165, 1.54) is 17.8 Å². The first kappa shape index (κ1) is 19.1. The van der Waals surface area contributed by atoms with Crippen LogP contribution in [0.3, 0.4) is 0 Å². The number of nitrogens with zero attached hydrogens (tertiary/aromatic N) is 6. The number of fused-ring (bicyclic) bond motifs is 1. The number of halogens is 1. The van der Waals surface area contributed by atoms with Gasteiger partial charge in [-0.2, -0.15) is 5.10 Å². The topological polar surface area (TPSA) is 149 Å². The summed E-state index contributed by atoms with van der Waals surface area (Å²) in [7, 11) is 1.28. The molecule has 30 heavy (non-hydrogen) atoms. The number of nitrogen functional groups attached to an aromatic ring is 2. The number of para-hydroxylation sites is 1. The van der Waals surface area contributed by atoms with E-state index in [9.17, 15) is 14.3 Å². The minimum atomic E-state index is -1.26. The van der Waals surface area contributed by atoms with Gasteiger partial charge in [-0.05, 0) is 23.8 Å². The van der Waals surface area contributed by atoms with Crippen LogP contribution in [0.1, 0.15) is 5.56 Å². The standard InChI is InChI=1S/C19H17FN8O2/c1-27(19(29)30)15-16(21)24-18(25-17(15)22)13-11-3-2-4-12(20)14(11)28(26-13)9-10-5-7-23-8-6-10/h2-8H,9H2,1H3,(H,29,30)(H4,21,22,24,25). The third-order valence-corrected chi connectivity index (χ3v) is 4.57. The maximum Gasteiger partial charge on any atom is 0.411 e. The number of hydrogen-bond donors (Lipinski definition) is 3. The van der Waals surface area contributed by atoms with E-state index in [2.05, 4.69) is 20.1 Å². The van der Waals surface area contributed by atoms with Gasteiger partial charge in [-0.15, -0.1) is 0 Å². The van der Waals surface area contributed by atoms with Crippen LogP contribution in [0.2, 0.25) is 0 Å². The molecule has 0 radical (unpaired) electrons. The molecule has 0 atom stereocenters. The van der Waals surface area contributed by atoms with E-state index in [0.717, 1.165) is 10.5 Å². The Hall–Kier alpha value is -4.28. The predicted octanol–water partition coefficient (Wildman–Crippen LogP) is 2.35. The number of rotatable bonds is 4. The van der Waals surface area contributed by atoms with Crippen LogP contribution in [-0.4, -0.2) is 43.0 Å². The first-order valence-electron chi connectivity index (χ1n) is 8.80. The summed E-state index contributed by atoms with van der Waals surface area (Å²) >= 11 is 0. The molecule has 10 nitrogen and oxygen atoms in total. The smallest absolute Gasteiger partial charge is 0.411 e. The fourth-order valence-corrected chi connectivity index (χ4v) is 3.17. The minimum absolute atomic E-state index is 0.0297. The largest absolute Gasteiger partial charge is 0.465 e. The molecular weight excluding hydrogens is 391 g/mol. The fourth-order valence-electron chi connectivity index (χ4n) is 3.17. The molecule has 0 unspecified atom stereocenters. The summed E-state index contributed by atoms with van der Waals surface area (Å²) in [6.45, 7) is 0.296. The van der Waals surface area contributed by atoms with E-state index in [-0.39, 0.29) is 34.4 Å². The Balaban J connectivity index is 1.88. The Morgan fingerprint density at radius 2 is 1.83 bits per heavy atom. The number of carbonyl (C=O) groups is 1. The van der Waals surface area contributed by atoms with Gasteiger partial charge in [0.05, 0.1) is 6.54 Å². The predicted molar refractivity (Wildman–Crippen MR) is 109 cm³/mol. The lowest BCUT2D eigenvalue weighted by Crippen LogP contribution is -2.26. The Labute approximate surface area is 169 Å². The van der Waals surface area contributed by atoms with Crippen LogP contribution >= 0.6 is 0 Å². The Bertz CT molecular complexity index is 1240. The number of nitrogens with two attached hydrogens (primary N) is 2. The van der Waals surface area contributed by atoms with Crippen LogP contribution in [0, 0.1) is 5.82 Å². The van der Waals surface area contributed by atoms with Gasteiger partial charge in [0.2, 0.25) is 0 Å². The molecule has 152 valence electrons. The summed E-state index contributed by atoms with van der Waals surface area (Å²) < 4.78 is 16.2. The number of anilines is 3. The number of hydrogen-bond acceptors (Lipinski definition) is 7. The Morgan fingerprint density at radius 1 is 1.17 bits per heavy atom. The molecule has 1 amide bonds. The molecule has 3 heterocycles. The van der Waals surface area contributed by atoms with Gasteiger partial charge in [0.15, 0.2) is 17.5 Å². The second kappa shape index (κ2) is 7.28. The van der Waals surface area contributed by atoms with Gasteiger partial charge >= 0.3 is 6.09 Å². The monoisotopic (exact) mass is 408 g/mol. The molecule has 1 aromatic carbocycles. The van der Waals surface area contributed by atoms with E-state index >= 15 is 0 Å². The van der Waals surface area contributed by atoms with Crippen LogP contribution in [-0.2, 0) is 6.54 Å². The summed E-state index contributed by atoms with van der Waals surface area (Å²) in [6, 6.07) is 8.19. The van der Waals surface area contributed by atoms with Crippen LogP contribution in [0.4, 0.5) is 26.5 Å². The molecule has 0 aliphatic rings. The lowest BCUT2D eigenvalue weighted by molar-refractivity contribution is 0.203. The highest BCUT2D eigenvalue weighted by Crippen LogP contribution is 2.33. The van der Waals surface area contributed by atoms with Crippen molar-refractivity contribution >= 4 is 34.3 Å². The molecule has 0 aliphatic carbocycles. The summed E-state index contributed by atoms with van der Waals surface area (Å²) in [5.74, 6) is -0.647. The average Bonchev–Trinajstić information content (AvgIpc) is 3.07. The van der Waals surface area contributed by atoms with Gasteiger partial charge < -0.3 is 16.6 Å². The second-order valence-corrected chi connectivity index (χ2v) is 6.51. The van der Waals surface area contributed by atoms with Crippen LogP contribution in [0.15, 0.2) is 42.7 Å². The van der Waals surface area contributed by atoms with Gasteiger partial charge in [-0.25, -0.2) is 19.2 Å². The maximum absolute atomic E-state index is 14.7. The highest BCUT2D eigenvalue weighted by atomic mass is 19.1. The number of amides is 1. The summed E-state index contributed by atoms with van der Waals surface area (Å²) in [6.07, 6.45) is 2.01. The van der Waals surface area contributed by atoms with E-state index in [4.69, 9.17) is 11.5 Å².